The van der Waals surface area contributed by atoms with Crippen molar-refractivity contribution in [1.82, 2.24) is 15.2 Å². The summed E-state index contributed by atoms with van der Waals surface area (Å²) in [5.41, 5.74) is 4.33. The lowest BCUT2D eigenvalue weighted by molar-refractivity contribution is 0.0443. The number of benzene rings is 1. The van der Waals surface area contributed by atoms with Gasteiger partial charge in [-0.2, -0.15) is 0 Å². The van der Waals surface area contributed by atoms with Gasteiger partial charge in [-0.25, -0.2) is 0 Å². The van der Waals surface area contributed by atoms with Crippen molar-refractivity contribution in [3.05, 3.63) is 68.1 Å². The van der Waals surface area contributed by atoms with Crippen molar-refractivity contribution in [3.8, 4) is 11.8 Å². The van der Waals surface area contributed by atoms with Crippen LogP contribution in [0.15, 0.2) is 29.1 Å². The van der Waals surface area contributed by atoms with E-state index in [1.54, 1.807) is 0 Å². The second-order valence-electron chi connectivity index (χ2n) is 7.35. The summed E-state index contributed by atoms with van der Waals surface area (Å²) in [6, 6.07) is 7.53. The van der Waals surface area contributed by atoms with E-state index < -0.39 is 0 Å². The summed E-state index contributed by atoms with van der Waals surface area (Å²) in [6.07, 6.45) is 0. The Bertz CT molecular complexity index is 1010. The molecule has 1 aliphatic rings. The van der Waals surface area contributed by atoms with Gasteiger partial charge in [0.15, 0.2) is 0 Å². The zero-order valence-corrected chi connectivity index (χ0v) is 17.2. The van der Waals surface area contributed by atoms with Gasteiger partial charge in [-0.05, 0) is 50.1 Å². The highest BCUT2D eigenvalue weighted by Gasteiger charge is 2.12. The van der Waals surface area contributed by atoms with Crippen molar-refractivity contribution in [3.63, 3.8) is 0 Å². The number of rotatable bonds is 4. The third-order valence-corrected chi connectivity index (χ3v) is 5.04. The first-order chi connectivity index (χ1) is 13.9. The highest BCUT2D eigenvalue weighted by molar-refractivity contribution is 5.96. The van der Waals surface area contributed by atoms with Crippen LogP contribution in [-0.2, 0) is 11.3 Å². The number of pyridine rings is 1. The normalized spacial score (nSPS) is 14.2. The molecule has 1 fully saturated rings. The highest BCUT2D eigenvalue weighted by atomic mass is 16.5. The van der Waals surface area contributed by atoms with Crippen LogP contribution in [0.4, 0.5) is 0 Å². The Morgan fingerprint density at radius 1 is 1.17 bits per heavy atom. The molecule has 3 rings (SSSR count). The number of aromatic amines is 1. The molecule has 2 aromatic rings. The molecule has 0 aliphatic carbocycles. The van der Waals surface area contributed by atoms with Gasteiger partial charge in [-0.15, -0.1) is 0 Å². The number of amides is 1. The van der Waals surface area contributed by atoms with E-state index in [0.29, 0.717) is 17.7 Å². The molecule has 2 heterocycles. The van der Waals surface area contributed by atoms with Crippen LogP contribution >= 0.6 is 0 Å². The molecule has 1 aromatic heterocycles. The summed E-state index contributed by atoms with van der Waals surface area (Å²) in [6.45, 7) is 9.78. The molecular formula is C23H27N3O3. The molecule has 0 saturated carbocycles. The lowest BCUT2D eigenvalue weighted by Crippen LogP contribution is -2.36. The molecule has 0 unspecified atom stereocenters. The Morgan fingerprint density at radius 3 is 2.66 bits per heavy atom. The zero-order valence-electron chi connectivity index (χ0n) is 17.2. The van der Waals surface area contributed by atoms with E-state index in [0.717, 1.165) is 48.7 Å². The van der Waals surface area contributed by atoms with Crippen LogP contribution in [0.5, 0.6) is 0 Å². The Morgan fingerprint density at radius 2 is 1.93 bits per heavy atom. The van der Waals surface area contributed by atoms with Crippen molar-refractivity contribution in [1.29, 1.82) is 0 Å². The van der Waals surface area contributed by atoms with Gasteiger partial charge in [0, 0.05) is 42.0 Å². The summed E-state index contributed by atoms with van der Waals surface area (Å²) in [4.78, 5) is 29.9. The van der Waals surface area contributed by atoms with Gasteiger partial charge in [0.2, 0.25) is 0 Å². The van der Waals surface area contributed by atoms with Crippen LogP contribution in [0.2, 0.25) is 0 Å². The van der Waals surface area contributed by atoms with Crippen LogP contribution in [0.1, 0.15) is 38.3 Å². The van der Waals surface area contributed by atoms with Gasteiger partial charge in [-0.1, -0.05) is 17.9 Å². The molecule has 0 bridgehead atoms. The molecule has 1 aliphatic heterocycles. The number of nitrogens with one attached hydrogen (secondary N) is 2. The molecule has 0 spiro atoms. The third-order valence-electron chi connectivity index (χ3n) is 5.04. The zero-order chi connectivity index (χ0) is 20.8. The fraction of sp³-hybridized carbons (Fsp3) is 0.391. The fourth-order valence-electron chi connectivity index (χ4n) is 3.32. The maximum absolute atomic E-state index is 12.7. The number of morpholine rings is 1. The highest BCUT2D eigenvalue weighted by Crippen LogP contribution is 2.11. The summed E-state index contributed by atoms with van der Waals surface area (Å²) < 4.78 is 5.34. The van der Waals surface area contributed by atoms with Crippen LogP contribution < -0.4 is 10.9 Å². The lowest BCUT2D eigenvalue weighted by Gasteiger charge is -2.24. The minimum Gasteiger partial charge on any atom is -0.379 e. The lowest BCUT2D eigenvalue weighted by atomic mass is 10.0. The predicted octanol–water partition coefficient (Wildman–Crippen LogP) is 1.91. The number of H-pyrrole nitrogens is 1. The van der Waals surface area contributed by atoms with E-state index in [1.807, 2.05) is 45.0 Å². The van der Waals surface area contributed by atoms with E-state index in [2.05, 4.69) is 27.0 Å². The molecule has 1 amide bonds. The number of aromatic nitrogens is 1. The van der Waals surface area contributed by atoms with Crippen LogP contribution in [0.3, 0.4) is 0 Å². The first-order valence-corrected chi connectivity index (χ1v) is 9.81. The van der Waals surface area contributed by atoms with Crippen molar-refractivity contribution in [2.45, 2.75) is 27.3 Å². The Kier molecular flexibility index (Phi) is 6.86. The van der Waals surface area contributed by atoms with Crippen molar-refractivity contribution < 1.29 is 9.53 Å². The average molecular weight is 393 g/mol. The van der Waals surface area contributed by atoms with Crippen molar-refractivity contribution in [2.75, 3.05) is 32.8 Å². The second-order valence-corrected chi connectivity index (χ2v) is 7.35. The van der Waals surface area contributed by atoms with E-state index in [1.165, 1.54) is 0 Å². The van der Waals surface area contributed by atoms with Gasteiger partial charge >= 0.3 is 0 Å². The topological polar surface area (TPSA) is 74.4 Å². The van der Waals surface area contributed by atoms with Gasteiger partial charge in [0.25, 0.3) is 11.5 Å². The molecule has 29 heavy (non-hydrogen) atoms. The van der Waals surface area contributed by atoms with E-state index in [-0.39, 0.29) is 18.0 Å². The first kappa shape index (κ1) is 20.8. The smallest absolute Gasteiger partial charge is 0.253 e. The molecular weight excluding hydrogens is 366 g/mol. The Labute approximate surface area is 171 Å². The number of nitrogens with zero attached hydrogens (tertiary/aromatic N) is 1. The Hall–Kier alpha value is -2.88. The number of carbonyl (C=O) groups is 1. The molecule has 6 nitrogen and oxygen atoms in total. The molecule has 2 N–H and O–H groups in total. The summed E-state index contributed by atoms with van der Waals surface area (Å²) in [5.74, 6) is 6.11. The summed E-state index contributed by atoms with van der Waals surface area (Å²) in [7, 11) is 0. The van der Waals surface area contributed by atoms with Gasteiger partial charge in [-0.3, -0.25) is 14.5 Å². The van der Waals surface area contributed by atoms with Crippen molar-refractivity contribution >= 4 is 5.91 Å². The first-order valence-electron chi connectivity index (χ1n) is 9.81. The minimum atomic E-state index is -0.210. The molecule has 6 heteroatoms. The standard InChI is InChI=1S/C23H27N3O3/c1-16-6-7-19(5-4-8-26-9-11-29-12-10-26)14-20(16)22(27)24-15-21-17(2)13-18(3)25-23(21)28/h6-7,13-14H,8-12,15H2,1-3H3,(H,24,27)(H,25,28). The maximum Gasteiger partial charge on any atom is 0.253 e. The van der Waals surface area contributed by atoms with E-state index >= 15 is 0 Å². The van der Waals surface area contributed by atoms with Crippen molar-refractivity contribution in [2.24, 2.45) is 0 Å². The fourth-order valence-corrected chi connectivity index (χ4v) is 3.32. The number of ether oxygens (including phenoxy) is 1. The SMILES string of the molecule is Cc1cc(C)c(CNC(=O)c2cc(C#CCN3CCOCC3)ccc2C)c(=O)[nH]1. The van der Waals surface area contributed by atoms with Gasteiger partial charge < -0.3 is 15.0 Å². The largest absolute Gasteiger partial charge is 0.379 e. The Balaban J connectivity index is 1.68. The molecule has 1 aromatic carbocycles. The molecule has 0 atom stereocenters. The summed E-state index contributed by atoms with van der Waals surface area (Å²) in [5, 5.41) is 2.86. The predicted molar refractivity (Wildman–Crippen MR) is 113 cm³/mol. The second kappa shape index (κ2) is 9.55. The number of carbonyl (C=O) groups excluding carboxylic acids is 1. The quantitative estimate of drug-likeness (QED) is 0.779. The molecule has 0 radical (unpaired) electrons. The van der Waals surface area contributed by atoms with E-state index in [4.69, 9.17) is 4.74 Å². The maximum atomic E-state index is 12.7. The number of hydrogen-bond donors (Lipinski definition) is 2. The van der Waals surface area contributed by atoms with Gasteiger partial charge in [0.05, 0.1) is 19.8 Å². The van der Waals surface area contributed by atoms with Gasteiger partial charge in [0.1, 0.15) is 0 Å². The monoisotopic (exact) mass is 393 g/mol. The van der Waals surface area contributed by atoms with E-state index in [9.17, 15) is 9.59 Å². The average Bonchev–Trinajstić information content (AvgIpc) is 2.69. The minimum absolute atomic E-state index is 0.165. The molecule has 152 valence electrons. The van der Waals surface area contributed by atoms with Crippen LogP contribution in [0.25, 0.3) is 0 Å². The molecule has 1 saturated heterocycles. The van der Waals surface area contributed by atoms with Crippen LogP contribution in [-0.4, -0.2) is 48.6 Å². The summed E-state index contributed by atoms with van der Waals surface area (Å²) >= 11 is 0. The number of hydrogen-bond acceptors (Lipinski definition) is 4. The van der Waals surface area contributed by atoms with Crippen LogP contribution in [0, 0.1) is 32.6 Å². The third kappa shape index (κ3) is 5.57. The number of aryl methyl sites for hydroxylation is 3.